The molecule has 2 aromatic carbocycles. The van der Waals surface area contributed by atoms with Crippen molar-refractivity contribution in [3.05, 3.63) is 53.1 Å². The highest BCUT2D eigenvalue weighted by Crippen LogP contribution is 2.29. The minimum Gasteiger partial charge on any atom is -0.332 e. The Balaban J connectivity index is 1.93. The largest absolute Gasteiger partial charge is 0.332 e. The van der Waals surface area contributed by atoms with E-state index in [0.29, 0.717) is 5.56 Å². The Morgan fingerprint density at radius 1 is 1.15 bits per heavy atom. The van der Waals surface area contributed by atoms with Gasteiger partial charge in [0.2, 0.25) is 0 Å². The van der Waals surface area contributed by atoms with Crippen LogP contribution in [0.3, 0.4) is 0 Å². The molecule has 1 aromatic heterocycles. The Bertz CT molecular complexity index is 827. The van der Waals surface area contributed by atoms with Crippen molar-refractivity contribution in [2.75, 3.05) is 5.32 Å². The van der Waals surface area contributed by atoms with Gasteiger partial charge in [-0.1, -0.05) is 17.4 Å². The first-order chi connectivity index (χ1) is 9.65. The fourth-order valence-electron chi connectivity index (χ4n) is 2.08. The van der Waals surface area contributed by atoms with Gasteiger partial charge in [0.15, 0.2) is 5.13 Å². The number of hydrogen-bond acceptors (Lipinski definition) is 4. The van der Waals surface area contributed by atoms with Crippen LogP contribution in [0.15, 0.2) is 36.4 Å². The maximum Gasteiger partial charge on any atom is 0.188 e. The van der Waals surface area contributed by atoms with Crippen molar-refractivity contribution >= 4 is 32.4 Å². The van der Waals surface area contributed by atoms with E-state index in [2.05, 4.69) is 35.4 Å². The molecule has 1 heterocycles. The fourth-order valence-corrected chi connectivity index (χ4v) is 3.06. The van der Waals surface area contributed by atoms with Gasteiger partial charge in [0.1, 0.15) is 0 Å². The van der Waals surface area contributed by atoms with Crippen molar-refractivity contribution < 1.29 is 0 Å². The summed E-state index contributed by atoms with van der Waals surface area (Å²) in [5, 5.41) is 13.1. The standard InChI is InChI=1S/C16H13N3S/c1-10-3-6-14-15(7-10)20-16(19-14)18-13-5-4-12(9-17)11(2)8-13/h3-8H,1-2H3,(H,18,19). The minimum absolute atomic E-state index is 0.704. The summed E-state index contributed by atoms with van der Waals surface area (Å²) in [4.78, 5) is 4.56. The minimum atomic E-state index is 0.704. The van der Waals surface area contributed by atoms with Crippen LogP contribution in [0.1, 0.15) is 16.7 Å². The Morgan fingerprint density at radius 3 is 2.75 bits per heavy atom. The third kappa shape index (κ3) is 2.36. The zero-order chi connectivity index (χ0) is 14.1. The maximum absolute atomic E-state index is 8.94. The lowest BCUT2D eigenvalue weighted by Crippen LogP contribution is -1.91. The number of nitriles is 1. The molecule has 0 saturated carbocycles. The van der Waals surface area contributed by atoms with Crippen LogP contribution >= 0.6 is 11.3 Å². The summed E-state index contributed by atoms with van der Waals surface area (Å²) in [6.07, 6.45) is 0. The SMILES string of the molecule is Cc1ccc2nc(Nc3ccc(C#N)c(C)c3)sc2c1. The summed E-state index contributed by atoms with van der Waals surface area (Å²) in [6.45, 7) is 4.02. The molecule has 3 aromatic rings. The highest BCUT2D eigenvalue weighted by atomic mass is 32.1. The van der Waals surface area contributed by atoms with E-state index in [1.807, 2.05) is 31.2 Å². The quantitative estimate of drug-likeness (QED) is 0.749. The molecular weight excluding hydrogens is 266 g/mol. The number of nitrogens with one attached hydrogen (secondary N) is 1. The summed E-state index contributed by atoms with van der Waals surface area (Å²) in [5.41, 5.74) is 4.87. The number of fused-ring (bicyclic) bond motifs is 1. The Labute approximate surface area is 121 Å². The number of anilines is 2. The number of benzene rings is 2. The molecule has 98 valence electrons. The number of nitrogens with zero attached hydrogens (tertiary/aromatic N) is 2. The maximum atomic E-state index is 8.94. The molecule has 4 heteroatoms. The molecule has 0 radical (unpaired) electrons. The van der Waals surface area contributed by atoms with Crippen LogP contribution in [0.4, 0.5) is 10.8 Å². The van der Waals surface area contributed by atoms with Gasteiger partial charge in [-0.2, -0.15) is 5.26 Å². The van der Waals surface area contributed by atoms with E-state index < -0.39 is 0 Å². The summed E-state index contributed by atoms with van der Waals surface area (Å²) < 4.78 is 1.18. The van der Waals surface area contributed by atoms with Gasteiger partial charge < -0.3 is 5.32 Å². The zero-order valence-electron chi connectivity index (χ0n) is 11.3. The summed E-state index contributed by atoms with van der Waals surface area (Å²) >= 11 is 1.63. The van der Waals surface area contributed by atoms with Crippen LogP contribution in [-0.2, 0) is 0 Å². The summed E-state index contributed by atoms with van der Waals surface area (Å²) in [6, 6.07) is 14.1. The molecule has 0 aliphatic rings. The van der Waals surface area contributed by atoms with Crippen molar-refractivity contribution in [3.8, 4) is 6.07 Å². The van der Waals surface area contributed by atoms with Crippen molar-refractivity contribution in [2.45, 2.75) is 13.8 Å². The summed E-state index contributed by atoms with van der Waals surface area (Å²) in [5.74, 6) is 0. The highest BCUT2D eigenvalue weighted by molar-refractivity contribution is 7.22. The first-order valence-electron chi connectivity index (χ1n) is 6.31. The average molecular weight is 279 g/mol. The second-order valence-corrected chi connectivity index (χ2v) is 5.79. The van der Waals surface area contributed by atoms with Gasteiger partial charge in [-0.05, 0) is 55.3 Å². The number of hydrogen-bond donors (Lipinski definition) is 1. The van der Waals surface area contributed by atoms with Gasteiger partial charge in [0.05, 0.1) is 21.8 Å². The fraction of sp³-hybridized carbons (Fsp3) is 0.125. The second kappa shape index (κ2) is 4.95. The predicted octanol–water partition coefficient (Wildman–Crippen LogP) is 4.53. The lowest BCUT2D eigenvalue weighted by Gasteiger charge is -2.04. The lowest BCUT2D eigenvalue weighted by atomic mass is 10.1. The van der Waals surface area contributed by atoms with E-state index in [1.54, 1.807) is 11.3 Å². The van der Waals surface area contributed by atoms with Gasteiger partial charge >= 0.3 is 0 Å². The van der Waals surface area contributed by atoms with E-state index in [9.17, 15) is 0 Å². The normalized spacial score (nSPS) is 10.4. The van der Waals surface area contributed by atoms with Crippen LogP contribution in [0, 0.1) is 25.2 Å². The average Bonchev–Trinajstić information content (AvgIpc) is 2.80. The van der Waals surface area contributed by atoms with E-state index in [-0.39, 0.29) is 0 Å². The molecule has 3 rings (SSSR count). The molecule has 3 nitrogen and oxygen atoms in total. The molecule has 0 saturated heterocycles. The highest BCUT2D eigenvalue weighted by Gasteiger charge is 2.05. The van der Waals surface area contributed by atoms with Gasteiger partial charge in [0, 0.05) is 5.69 Å². The van der Waals surface area contributed by atoms with E-state index in [0.717, 1.165) is 21.9 Å². The van der Waals surface area contributed by atoms with E-state index in [1.165, 1.54) is 10.3 Å². The van der Waals surface area contributed by atoms with Gasteiger partial charge in [-0.3, -0.25) is 0 Å². The predicted molar refractivity (Wildman–Crippen MR) is 83.5 cm³/mol. The number of aromatic nitrogens is 1. The molecule has 0 atom stereocenters. The molecule has 0 unspecified atom stereocenters. The van der Waals surface area contributed by atoms with Crippen molar-refractivity contribution in [1.82, 2.24) is 4.98 Å². The Morgan fingerprint density at radius 2 is 2.00 bits per heavy atom. The molecule has 20 heavy (non-hydrogen) atoms. The smallest absolute Gasteiger partial charge is 0.188 e. The van der Waals surface area contributed by atoms with Gasteiger partial charge in [0.25, 0.3) is 0 Å². The first kappa shape index (κ1) is 12.6. The van der Waals surface area contributed by atoms with Crippen molar-refractivity contribution in [2.24, 2.45) is 0 Å². The lowest BCUT2D eigenvalue weighted by molar-refractivity contribution is 1.37. The van der Waals surface area contributed by atoms with Crippen LogP contribution < -0.4 is 5.32 Å². The molecule has 0 bridgehead atoms. The molecule has 0 fully saturated rings. The van der Waals surface area contributed by atoms with Crippen LogP contribution in [0.2, 0.25) is 0 Å². The van der Waals surface area contributed by atoms with Crippen LogP contribution in [0.5, 0.6) is 0 Å². The van der Waals surface area contributed by atoms with Crippen LogP contribution in [-0.4, -0.2) is 4.98 Å². The van der Waals surface area contributed by atoms with Gasteiger partial charge in [-0.15, -0.1) is 0 Å². The van der Waals surface area contributed by atoms with Gasteiger partial charge in [-0.25, -0.2) is 4.98 Å². The molecule has 0 amide bonds. The monoisotopic (exact) mass is 279 g/mol. The Kier molecular flexibility index (Phi) is 3.13. The topological polar surface area (TPSA) is 48.7 Å². The van der Waals surface area contributed by atoms with Crippen molar-refractivity contribution in [1.29, 1.82) is 5.26 Å². The van der Waals surface area contributed by atoms with E-state index in [4.69, 9.17) is 5.26 Å². The number of rotatable bonds is 2. The number of aryl methyl sites for hydroxylation is 2. The Hall–Kier alpha value is -2.38. The number of thiazole rings is 1. The molecule has 0 aliphatic carbocycles. The first-order valence-corrected chi connectivity index (χ1v) is 7.12. The molecular formula is C16H13N3S. The van der Waals surface area contributed by atoms with E-state index >= 15 is 0 Å². The van der Waals surface area contributed by atoms with Crippen molar-refractivity contribution in [3.63, 3.8) is 0 Å². The molecule has 1 N–H and O–H groups in total. The van der Waals surface area contributed by atoms with Crippen LogP contribution in [0.25, 0.3) is 10.2 Å². The third-order valence-corrected chi connectivity index (χ3v) is 4.08. The third-order valence-electron chi connectivity index (χ3n) is 3.14. The molecule has 0 spiro atoms. The summed E-state index contributed by atoms with van der Waals surface area (Å²) in [7, 11) is 0. The zero-order valence-corrected chi connectivity index (χ0v) is 12.1. The molecule has 0 aliphatic heterocycles. The second-order valence-electron chi connectivity index (χ2n) is 4.76.